The van der Waals surface area contributed by atoms with Gasteiger partial charge in [0.15, 0.2) is 13.2 Å². The molecule has 0 spiro atoms. The highest BCUT2D eigenvalue weighted by Crippen LogP contribution is 2.24. The van der Waals surface area contributed by atoms with Crippen molar-refractivity contribution in [2.75, 3.05) is 23.8 Å². The number of hydrogen-bond acceptors (Lipinski definition) is 6. The topological polar surface area (TPSA) is 117 Å². The minimum Gasteiger partial charge on any atom is -0.545 e. The van der Waals surface area contributed by atoms with Crippen molar-refractivity contribution in [2.24, 2.45) is 0 Å². The summed E-state index contributed by atoms with van der Waals surface area (Å²) in [4.78, 5) is 36.3. The highest BCUT2D eigenvalue weighted by molar-refractivity contribution is 6.02. The molecular weight excluding hydrogens is 448 g/mol. The Kier molecular flexibility index (Phi) is 8.09. The Hall–Kier alpha value is -4.33. The summed E-state index contributed by atoms with van der Waals surface area (Å²) < 4.78 is 11.1. The van der Waals surface area contributed by atoms with E-state index in [9.17, 15) is 19.5 Å². The molecule has 182 valence electrons. The molecule has 0 unspecified atom stereocenters. The van der Waals surface area contributed by atoms with Gasteiger partial charge in [0.05, 0.1) is 17.3 Å². The van der Waals surface area contributed by atoms with Crippen molar-refractivity contribution in [2.45, 2.75) is 27.7 Å². The van der Waals surface area contributed by atoms with E-state index in [1.54, 1.807) is 12.1 Å². The van der Waals surface area contributed by atoms with Crippen LogP contribution in [0.2, 0.25) is 0 Å². The van der Waals surface area contributed by atoms with Gasteiger partial charge >= 0.3 is 0 Å². The van der Waals surface area contributed by atoms with Crippen molar-refractivity contribution in [1.29, 1.82) is 0 Å². The predicted molar refractivity (Wildman–Crippen MR) is 131 cm³/mol. The van der Waals surface area contributed by atoms with Gasteiger partial charge in [-0.15, -0.1) is 0 Å². The first-order valence-corrected chi connectivity index (χ1v) is 11.0. The lowest BCUT2D eigenvalue weighted by atomic mass is 10.1. The van der Waals surface area contributed by atoms with Crippen molar-refractivity contribution in [1.82, 2.24) is 0 Å². The summed E-state index contributed by atoms with van der Waals surface area (Å²) in [5.41, 5.74) is 4.42. The van der Waals surface area contributed by atoms with Crippen molar-refractivity contribution in [3.63, 3.8) is 0 Å². The number of ether oxygens (including phenoxy) is 2. The van der Waals surface area contributed by atoms with E-state index in [4.69, 9.17) is 9.47 Å². The second-order valence-corrected chi connectivity index (χ2v) is 8.21. The normalized spacial score (nSPS) is 10.4. The highest BCUT2D eigenvalue weighted by atomic mass is 16.5. The number of carbonyl (C=O) groups is 3. The summed E-state index contributed by atoms with van der Waals surface area (Å²) in [7, 11) is 0. The largest absolute Gasteiger partial charge is 0.545 e. The number of carboxylic acids is 1. The van der Waals surface area contributed by atoms with Crippen LogP contribution in [0.1, 0.15) is 32.6 Å². The maximum atomic E-state index is 12.5. The zero-order valence-corrected chi connectivity index (χ0v) is 20.1. The number of hydrogen-bond donors (Lipinski definition) is 2. The van der Waals surface area contributed by atoms with E-state index in [0.717, 1.165) is 22.3 Å². The molecule has 2 N–H and O–H groups in total. The van der Waals surface area contributed by atoms with Crippen LogP contribution in [-0.4, -0.2) is 31.0 Å². The molecule has 2 amide bonds. The monoisotopic (exact) mass is 475 g/mol. The molecule has 0 atom stereocenters. The van der Waals surface area contributed by atoms with Gasteiger partial charge in [-0.3, -0.25) is 9.59 Å². The molecule has 0 bridgehead atoms. The second-order valence-electron chi connectivity index (χ2n) is 8.21. The first kappa shape index (κ1) is 25.3. The summed E-state index contributed by atoms with van der Waals surface area (Å²) in [5.74, 6) is -1.34. The first-order chi connectivity index (χ1) is 16.6. The number of benzene rings is 3. The average molecular weight is 476 g/mol. The van der Waals surface area contributed by atoms with E-state index in [1.807, 2.05) is 52.0 Å². The SMILES string of the molecule is Cc1ccc(OCC(=O)Nc2ccc(C(=O)[O-])cc2NC(=O)COc2ccc(C)c(C)c2)cc1C. The fourth-order valence-electron chi connectivity index (χ4n) is 3.16. The number of nitrogens with one attached hydrogen (secondary N) is 2. The third-order valence-electron chi connectivity index (χ3n) is 5.50. The van der Waals surface area contributed by atoms with Crippen LogP contribution in [0.5, 0.6) is 11.5 Å². The van der Waals surface area contributed by atoms with Crippen LogP contribution in [-0.2, 0) is 9.59 Å². The lowest BCUT2D eigenvalue weighted by Crippen LogP contribution is -2.25. The fraction of sp³-hybridized carbons (Fsp3) is 0.222. The van der Waals surface area contributed by atoms with Crippen LogP contribution >= 0.6 is 0 Å². The minimum absolute atomic E-state index is 0.0971. The van der Waals surface area contributed by atoms with Crippen LogP contribution in [0.25, 0.3) is 0 Å². The van der Waals surface area contributed by atoms with Crippen LogP contribution < -0.4 is 25.2 Å². The van der Waals surface area contributed by atoms with Gasteiger partial charge in [-0.25, -0.2) is 0 Å². The summed E-state index contributed by atoms with van der Waals surface area (Å²) in [5, 5.41) is 16.5. The number of carboxylic acid groups (broad SMARTS) is 1. The van der Waals surface area contributed by atoms with E-state index in [1.165, 1.54) is 18.2 Å². The Morgan fingerprint density at radius 1 is 0.657 bits per heavy atom. The summed E-state index contributed by atoms with van der Waals surface area (Å²) in [6.45, 7) is 7.26. The number of aryl methyl sites for hydroxylation is 4. The first-order valence-electron chi connectivity index (χ1n) is 11.0. The summed E-state index contributed by atoms with van der Waals surface area (Å²) >= 11 is 0. The van der Waals surface area contributed by atoms with Crippen LogP contribution in [0.3, 0.4) is 0 Å². The maximum absolute atomic E-state index is 12.5. The zero-order valence-electron chi connectivity index (χ0n) is 20.1. The van der Waals surface area contributed by atoms with Gasteiger partial charge in [0, 0.05) is 0 Å². The maximum Gasteiger partial charge on any atom is 0.262 e. The molecule has 3 aromatic carbocycles. The van der Waals surface area contributed by atoms with Gasteiger partial charge < -0.3 is 30.0 Å². The minimum atomic E-state index is -1.41. The van der Waals surface area contributed by atoms with Crippen LogP contribution in [0.15, 0.2) is 54.6 Å². The van der Waals surface area contributed by atoms with E-state index in [0.29, 0.717) is 11.5 Å². The van der Waals surface area contributed by atoms with Gasteiger partial charge in [0.25, 0.3) is 11.8 Å². The van der Waals surface area contributed by atoms with E-state index in [2.05, 4.69) is 10.6 Å². The molecule has 3 aromatic rings. The van der Waals surface area contributed by atoms with Crippen molar-refractivity contribution in [3.8, 4) is 11.5 Å². The predicted octanol–water partition coefficient (Wildman–Crippen LogP) is 3.32. The molecule has 0 fully saturated rings. The van der Waals surface area contributed by atoms with Crippen molar-refractivity contribution >= 4 is 29.2 Å². The van der Waals surface area contributed by atoms with Gasteiger partial charge in [0.1, 0.15) is 11.5 Å². The Labute approximate surface area is 203 Å². The van der Waals surface area contributed by atoms with Crippen LogP contribution in [0.4, 0.5) is 11.4 Å². The molecular formula is C27H27N2O6-. The molecule has 35 heavy (non-hydrogen) atoms. The summed E-state index contributed by atoms with van der Waals surface area (Å²) in [6, 6.07) is 14.8. The molecule has 3 rings (SSSR count). The van der Waals surface area contributed by atoms with Gasteiger partial charge in [0.2, 0.25) is 0 Å². The summed E-state index contributed by atoms with van der Waals surface area (Å²) in [6.07, 6.45) is 0. The smallest absolute Gasteiger partial charge is 0.262 e. The second kappa shape index (κ2) is 11.2. The van der Waals surface area contributed by atoms with Gasteiger partial charge in [-0.2, -0.15) is 0 Å². The third kappa shape index (κ3) is 7.07. The van der Waals surface area contributed by atoms with E-state index in [-0.39, 0.29) is 30.2 Å². The van der Waals surface area contributed by atoms with Crippen LogP contribution in [0, 0.1) is 27.7 Å². The molecule has 0 aliphatic rings. The molecule has 0 aliphatic carbocycles. The number of amides is 2. The molecule has 0 saturated heterocycles. The zero-order chi connectivity index (χ0) is 25.5. The van der Waals surface area contributed by atoms with Crippen molar-refractivity contribution in [3.05, 3.63) is 82.4 Å². The highest BCUT2D eigenvalue weighted by Gasteiger charge is 2.13. The molecule has 0 radical (unpaired) electrons. The third-order valence-corrected chi connectivity index (χ3v) is 5.50. The number of carbonyl (C=O) groups excluding carboxylic acids is 3. The van der Waals surface area contributed by atoms with Crippen molar-refractivity contribution < 1.29 is 29.0 Å². The quantitative estimate of drug-likeness (QED) is 0.490. The molecule has 0 aromatic heterocycles. The lowest BCUT2D eigenvalue weighted by Gasteiger charge is -2.15. The van der Waals surface area contributed by atoms with Gasteiger partial charge in [-0.1, -0.05) is 18.2 Å². The molecule has 0 aliphatic heterocycles. The Morgan fingerprint density at radius 2 is 1.14 bits per heavy atom. The van der Waals surface area contributed by atoms with E-state index < -0.39 is 17.8 Å². The molecule has 0 heterocycles. The van der Waals surface area contributed by atoms with E-state index >= 15 is 0 Å². The Balaban J connectivity index is 1.66. The van der Waals surface area contributed by atoms with Gasteiger partial charge in [-0.05, 0) is 91.9 Å². The Bertz CT molecular complexity index is 1270. The fourth-order valence-corrected chi connectivity index (χ4v) is 3.16. The Morgan fingerprint density at radius 3 is 1.60 bits per heavy atom. The number of aromatic carboxylic acids is 1. The number of anilines is 2. The average Bonchev–Trinajstić information content (AvgIpc) is 2.81. The molecule has 8 nitrogen and oxygen atoms in total. The molecule has 0 saturated carbocycles. The lowest BCUT2D eigenvalue weighted by molar-refractivity contribution is -0.255. The number of rotatable bonds is 9. The standard InChI is InChI=1S/C27H28N2O6/c1-16-5-8-21(11-18(16)3)34-14-25(30)28-23-10-7-20(27(32)33)13-24(23)29-26(31)15-35-22-9-6-17(2)19(4)12-22/h5-13H,14-15H2,1-4H3,(H,28,30)(H,29,31)(H,32,33)/p-1. The molecule has 8 heteroatoms.